The van der Waals surface area contributed by atoms with Crippen molar-refractivity contribution >= 4 is 0 Å². The molecule has 1 aliphatic rings. The fourth-order valence-corrected chi connectivity index (χ4v) is 2.87. The highest BCUT2D eigenvalue weighted by Gasteiger charge is 2.34. The predicted octanol–water partition coefficient (Wildman–Crippen LogP) is 2.76. The summed E-state index contributed by atoms with van der Waals surface area (Å²) in [5.74, 6) is 0.769. The zero-order chi connectivity index (χ0) is 16.9. The minimum absolute atomic E-state index is 0.118. The molecule has 1 aliphatic heterocycles. The molecule has 0 radical (unpaired) electrons. The van der Waals surface area contributed by atoms with E-state index in [-0.39, 0.29) is 11.7 Å². The molecule has 4 nitrogen and oxygen atoms in total. The molecule has 23 heavy (non-hydrogen) atoms. The van der Waals surface area contributed by atoms with Gasteiger partial charge in [-0.15, -0.1) is 0 Å². The molecule has 0 aromatic heterocycles. The van der Waals surface area contributed by atoms with Crippen molar-refractivity contribution in [2.75, 3.05) is 32.8 Å². The minimum atomic E-state index is -4.13. The van der Waals surface area contributed by atoms with E-state index in [1.807, 2.05) is 13.0 Å². The van der Waals surface area contributed by atoms with Gasteiger partial charge in [0.2, 0.25) is 0 Å². The van der Waals surface area contributed by atoms with Gasteiger partial charge in [-0.1, -0.05) is 12.1 Å². The molecule has 7 heteroatoms. The summed E-state index contributed by atoms with van der Waals surface area (Å²) in [6.07, 6.45) is -3.37. The first-order chi connectivity index (χ1) is 10.9. The monoisotopic (exact) mass is 332 g/mol. The third kappa shape index (κ3) is 5.58. The Balaban J connectivity index is 1.77. The van der Waals surface area contributed by atoms with Crippen LogP contribution in [0.3, 0.4) is 0 Å². The first-order valence-corrected chi connectivity index (χ1v) is 7.82. The van der Waals surface area contributed by atoms with E-state index in [4.69, 9.17) is 4.74 Å². The average molecular weight is 332 g/mol. The van der Waals surface area contributed by atoms with Crippen LogP contribution in [0.15, 0.2) is 18.2 Å². The second kappa shape index (κ2) is 7.88. The third-order valence-corrected chi connectivity index (χ3v) is 3.90. The van der Waals surface area contributed by atoms with Crippen LogP contribution in [-0.2, 0) is 6.54 Å². The Bertz CT molecular complexity index is 509. The third-order valence-electron chi connectivity index (χ3n) is 3.90. The fraction of sp³-hybridized carbons (Fsp3) is 0.625. The molecule has 0 saturated carbocycles. The van der Waals surface area contributed by atoms with Crippen molar-refractivity contribution in [1.82, 2.24) is 10.2 Å². The van der Waals surface area contributed by atoms with Gasteiger partial charge in [0, 0.05) is 18.7 Å². The van der Waals surface area contributed by atoms with E-state index in [1.165, 1.54) is 4.90 Å². The highest BCUT2D eigenvalue weighted by atomic mass is 19.4. The first-order valence-electron chi connectivity index (χ1n) is 7.82. The summed E-state index contributed by atoms with van der Waals surface area (Å²) < 4.78 is 42.4. The Morgan fingerprint density at radius 3 is 2.87 bits per heavy atom. The summed E-state index contributed by atoms with van der Waals surface area (Å²) in [7, 11) is 0. The summed E-state index contributed by atoms with van der Waals surface area (Å²) in [5.41, 5.74) is 0.723. The highest BCUT2D eigenvalue weighted by Crippen LogP contribution is 2.29. The number of likely N-dealkylation sites (tertiary alicyclic amines) is 1. The molecule has 2 rings (SSSR count). The Hall–Kier alpha value is -1.47. The maximum absolute atomic E-state index is 12.4. The lowest BCUT2D eigenvalue weighted by molar-refractivity contribution is -0.143. The molecule has 1 heterocycles. The molecule has 1 fully saturated rings. The number of nitrogens with zero attached hydrogens (tertiary/aromatic N) is 1. The molecule has 1 aromatic carbocycles. The zero-order valence-corrected chi connectivity index (χ0v) is 13.2. The molecule has 0 bridgehead atoms. The van der Waals surface area contributed by atoms with Crippen LogP contribution in [0.25, 0.3) is 0 Å². The number of hydrogen-bond donors (Lipinski definition) is 2. The van der Waals surface area contributed by atoms with Crippen molar-refractivity contribution in [3.05, 3.63) is 23.8 Å². The van der Waals surface area contributed by atoms with Gasteiger partial charge in [0.1, 0.15) is 0 Å². The molecule has 2 N–H and O–H groups in total. The Morgan fingerprint density at radius 2 is 2.17 bits per heavy atom. The molecule has 0 aliphatic carbocycles. The van der Waals surface area contributed by atoms with Crippen LogP contribution in [0.5, 0.6) is 11.5 Å². The number of benzene rings is 1. The van der Waals surface area contributed by atoms with E-state index in [0.29, 0.717) is 38.5 Å². The van der Waals surface area contributed by atoms with Crippen molar-refractivity contribution in [1.29, 1.82) is 0 Å². The van der Waals surface area contributed by atoms with Crippen LogP contribution in [0.2, 0.25) is 0 Å². The zero-order valence-electron chi connectivity index (χ0n) is 13.2. The molecule has 0 amide bonds. The molecule has 1 saturated heterocycles. The number of rotatable bonds is 7. The van der Waals surface area contributed by atoms with Gasteiger partial charge in [-0.3, -0.25) is 4.90 Å². The molecule has 1 aromatic rings. The number of phenolic OH excluding ortho intramolecular Hbond substituents is 1. The number of ether oxygens (including phenoxy) is 1. The lowest BCUT2D eigenvalue weighted by Gasteiger charge is -2.18. The van der Waals surface area contributed by atoms with Crippen LogP contribution in [-0.4, -0.2) is 49.0 Å². The minimum Gasteiger partial charge on any atom is -0.504 e. The van der Waals surface area contributed by atoms with E-state index in [1.54, 1.807) is 12.1 Å². The van der Waals surface area contributed by atoms with Gasteiger partial charge in [-0.2, -0.15) is 13.2 Å². The van der Waals surface area contributed by atoms with Crippen molar-refractivity contribution in [3.8, 4) is 11.5 Å². The molecule has 1 unspecified atom stereocenters. The molecule has 130 valence electrons. The van der Waals surface area contributed by atoms with Crippen molar-refractivity contribution in [2.24, 2.45) is 5.92 Å². The van der Waals surface area contributed by atoms with Crippen LogP contribution in [0.4, 0.5) is 13.2 Å². The quantitative estimate of drug-likeness (QED) is 0.806. The van der Waals surface area contributed by atoms with Gasteiger partial charge in [0.15, 0.2) is 11.5 Å². The van der Waals surface area contributed by atoms with Crippen LogP contribution in [0, 0.1) is 5.92 Å². The van der Waals surface area contributed by atoms with Crippen LogP contribution in [0.1, 0.15) is 18.9 Å². The van der Waals surface area contributed by atoms with Gasteiger partial charge >= 0.3 is 6.18 Å². The van der Waals surface area contributed by atoms with Gasteiger partial charge < -0.3 is 15.2 Å². The number of para-hydroxylation sites is 1. The highest BCUT2D eigenvalue weighted by molar-refractivity contribution is 5.45. The summed E-state index contributed by atoms with van der Waals surface area (Å²) in [5, 5.41) is 13.3. The SMILES string of the molecule is CCOc1cccc(CNCC2CCN(CC(F)(F)F)C2)c1O. The summed E-state index contributed by atoms with van der Waals surface area (Å²) in [6, 6.07) is 5.31. The van der Waals surface area contributed by atoms with Crippen molar-refractivity contribution < 1.29 is 23.0 Å². The number of nitrogens with one attached hydrogen (secondary N) is 1. The number of halogens is 3. The summed E-state index contributed by atoms with van der Waals surface area (Å²) in [4.78, 5) is 1.44. The van der Waals surface area contributed by atoms with Gasteiger partial charge in [0.05, 0.1) is 13.2 Å². The number of phenols is 1. The average Bonchev–Trinajstić information content (AvgIpc) is 2.88. The fourth-order valence-electron chi connectivity index (χ4n) is 2.87. The maximum atomic E-state index is 12.4. The van der Waals surface area contributed by atoms with Gasteiger partial charge in [0.25, 0.3) is 0 Å². The van der Waals surface area contributed by atoms with E-state index >= 15 is 0 Å². The van der Waals surface area contributed by atoms with E-state index in [0.717, 1.165) is 12.0 Å². The van der Waals surface area contributed by atoms with Crippen molar-refractivity contribution in [2.45, 2.75) is 26.1 Å². The van der Waals surface area contributed by atoms with Crippen LogP contribution < -0.4 is 10.1 Å². The van der Waals surface area contributed by atoms with E-state index < -0.39 is 12.7 Å². The maximum Gasteiger partial charge on any atom is 0.401 e. The Morgan fingerprint density at radius 1 is 1.39 bits per heavy atom. The van der Waals surface area contributed by atoms with Gasteiger partial charge in [-0.05, 0) is 38.4 Å². The lowest BCUT2D eigenvalue weighted by atomic mass is 10.1. The summed E-state index contributed by atoms with van der Waals surface area (Å²) >= 11 is 0. The van der Waals surface area contributed by atoms with Crippen LogP contribution >= 0.6 is 0 Å². The molecule has 0 spiro atoms. The second-order valence-electron chi connectivity index (χ2n) is 5.83. The Labute approximate surface area is 134 Å². The number of hydrogen-bond acceptors (Lipinski definition) is 4. The van der Waals surface area contributed by atoms with E-state index in [9.17, 15) is 18.3 Å². The van der Waals surface area contributed by atoms with E-state index in [2.05, 4.69) is 5.32 Å². The molecule has 1 atom stereocenters. The molecular weight excluding hydrogens is 309 g/mol. The van der Waals surface area contributed by atoms with Gasteiger partial charge in [-0.25, -0.2) is 0 Å². The largest absolute Gasteiger partial charge is 0.504 e. The lowest BCUT2D eigenvalue weighted by Crippen LogP contribution is -2.33. The standard InChI is InChI=1S/C16H23F3N2O2/c1-2-23-14-5-3-4-13(15(14)22)9-20-8-12-6-7-21(10-12)11-16(17,18)19/h3-5,12,20,22H,2,6-11H2,1H3. The normalized spacial score (nSPS) is 19.2. The number of alkyl halides is 3. The topological polar surface area (TPSA) is 44.7 Å². The molecular formula is C16H23F3N2O2. The smallest absolute Gasteiger partial charge is 0.401 e. The first kappa shape index (κ1) is 17.9. The second-order valence-corrected chi connectivity index (χ2v) is 5.83. The number of aromatic hydroxyl groups is 1. The van der Waals surface area contributed by atoms with Crippen molar-refractivity contribution in [3.63, 3.8) is 0 Å². The summed E-state index contributed by atoms with van der Waals surface area (Å²) in [6.45, 7) is 3.52. The predicted molar refractivity (Wildman–Crippen MR) is 81.6 cm³/mol. The Kier molecular flexibility index (Phi) is 6.12.